The van der Waals surface area contributed by atoms with E-state index in [2.05, 4.69) is 23.4 Å². The van der Waals surface area contributed by atoms with Gasteiger partial charge in [-0.15, -0.1) is 4.91 Å². The number of rotatable bonds is 1. The van der Waals surface area contributed by atoms with E-state index in [1.807, 2.05) is 30.3 Å². The number of nitroso groups, excluding NO2 is 1. The molecule has 18 heavy (non-hydrogen) atoms. The van der Waals surface area contributed by atoms with Gasteiger partial charge in [-0.2, -0.15) is 0 Å². The smallest absolute Gasteiger partial charge is 0.115 e. The van der Waals surface area contributed by atoms with Crippen molar-refractivity contribution in [2.24, 2.45) is 5.18 Å². The Kier molecular flexibility index (Phi) is 1.73. The minimum atomic E-state index is 0.517. The van der Waals surface area contributed by atoms with Gasteiger partial charge in [-0.25, -0.2) is 0 Å². The molecule has 0 saturated carbocycles. The van der Waals surface area contributed by atoms with Crippen LogP contribution in [0.25, 0.3) is 33.0 Å². The number of hydrogen-bond donors (Lipinski definition) is 0. The minimum Gasteiger partial charge on any atom is -0.145 e. The predicted molar refractivity (Wildman–Crippen MR) is 73.8 cm³/mol. The predicted octanol–water partition coefficient (Wildman–Crippen LogP) is 4.89. The zero-order valence-electron chi connectivity index (χ0n) is 9.55. The highest BCUT2D eigenvalue weighted by atomic mass is 16.3. The third-order valence-corrected chi connectivity index (χ3v) is 3.62. The van der Waals surface area contributed by atoms with Gasteiger partial charge >= 0.3 is 0 Å². The SMILES string of the molecule is O=Nc1ccc2c3c(cccc13)-c1ccccc1-2. The Morgan fingerprint density at radius 2 is 1.33 bits per heavy atom. The van der Waals surface area contributed by atoms with Crippen molar-refractivity contribution in [2.75, 3.05) is 0 Å². The highest BCUT2D eigenvalue weighted by Crippen LogP contribution is 2.48. The highest BCUT2D eigenvalue weighted by molar-refractivity contribution is 6.17. The van der Waals surface area contributed by atoms with Crippen LogP contribution in [-0.2, 0) is 0 Å². The van der Waals surface area contributed by atoms with Crippen molar-refractivity contribution >= 4 is 16.5 Å². The highest BCUT2D eigenvalue weighted by Gasteiger charge is 2.21. The van der Waals surface area contributed by atoms with Crippen molar-refractivity contribution in [1.82, 2.24) is 0 Å². The molecule has 2 heteroatoms. The number of fused-ring (bicyclic) bond motifs is 3. The first-order valence-electron chi connectivity index (χ1n) is 5.89. The molecule has 1 aliphatic carbocycles. The molecule has 2 nitrogen and oxygen atoms in total. The molecule has 0 bridgehead atoms. The molecule has 0 saturated heterocycles. The Balaban J connectivity index is 2.27. The Morgan fingerprint density at radius 3 is 2.06 bits per heavy atom. The molecular formula is C16H9NO. The van der Waals surface area contributed by atoms with Gasteiger partial charge in [-0.3, -0.25) is 0 Å². The van der Waals surface area contributed by atoms with Gasteiger partial charge in [-0.05, 0) is 38.9 Å². The Hall–Kier alpha value is -2.48. The lowest BCUT2D eigenvalue weighted by Gasteiger charge is -2.03. The van der Waals surface area contributed by atoms with Crippen molar-refractivity contribution in [3.05, 3.63) is 59.5 Å². The van der Waals surface area contributed by atoms with Crippen LogP contribution in [0.4, 0.5) is 5.69 Å². The van der Waals surface area contributed by atoms with E-state index in [4.69, 9.17) is 0 Å². The molecule has 0 N–H and O–H groups in total. The maximum Gasteiger partial charge on any atom is 0.115 e. The van der Waals surface area contributed by atoms with Crippen molar-refractivity contribution in [1.29, 1.82) is 0 Å². The summed E-state index contributed by atoms with van der Waals surface area (Å²) in [4.78, 5) is 10.9. The van der Waals surface area contributed by atoms with E-state index >= 15 is 0 Å². The largest absolute Gasteiger partial charge is 0.145 e. The molecule has 1 aliphatic rings. The lowest BCUT2D eigenvalue weighted by atomic mass is 10.0. The molecule has 0 amide bonds. The second kappa shape index (κ2) is 3.26. The van der Waals surface area contributed by atoms with Gasteiger partial charge in [0.15, 0.2) is 0 Å². The van der Waals surface area contributed by atoms with E-state index in [1.165, 1.54) is 22.3 Å². The second-order valence-corrected chi connectivity index (χ2v) is 4.50. The fourth-order valence-electron chi connectivity index (χ4n) is 2.87. The van der Waals surface area contributed by atoms with E-state index < -0.39 is 0 Å². The second-order valence-electron chi connectivity index (χ2n) is 4.50. The quantitative estimate of drug-likeness (QED) is 0.429. The van der Waals surface area contributed by atoms with Crippen molar-refractivity contribution in [3.63, 3.8) is 0 Å². The Morgan fingerprint density at radius 1 is 0.667 bits per heavy atom. The van der Waals surface area contributed by atoms with Crippen molar-refractivity contribution < 1.29 is 0 Å². The van der Waals surface area contributed by atoms with Crippen molar-refractivity contribution in [3.8, 4) is 22.3 Å². The summed E-state index contributed by atoms with van der Waals surface area (Å²) in [6, 6.07) is 18.2. The van der Waals surface area contributed by atoms with Crippen LogP contribution in [0.5, 0.6) is 0 Å². The molecule has 4 rings (SSSR count). The average Bonchev–Trinajstić information content (AvgIpc) is 2.77. The lowest BCUT2D eigenvalue weighted by molar-refractivity contribution is 1.54. The summed E-state index contributed by atoms with van der Waals surface area (Å²) in [5.74, 6) is 0. The van der Waals surface area contributed by atoms with Crippen LogP contribution in [0.2, 0.25) is 0 Å². The Labute approximate surface area is 104 Å². The fourth-order valence-corrected chi connectivity index (χ4v) is 2.87. The molecular weight excluding hydrogens is 222 g/mol. The van der Waals surface area contributed by atoms with Crippen LogP contribution < -0.4 is 0 Å². The van der Waals surface area contributed by atoms with Crippen LogP contribution in [0.3, 0.4) is 0 Å². The number of benzene rings is 3. The zero-order valence-corrected chi connectivity index (χ0v) is 9.55. The molecule has 0 aromatic heterocycles. The maximum absolute atomic E-state index is 10.9. The van der Waals surface area contributed by atoms with E-state index in [0.717, 1.165) is 10.8 Å². The fraction of sp³-hybridized carbons (Fsp3) is 0. The molecule has 0 heterocycles. The summed E-state index contributed by atoms with van der Waals surface area (Å²) < 4.78 is 0. The van der Waals surface area contributed by atoms with Gasteiger partial charge in [0.2, 0.25) is 0 Å². The summed E-state index contributed by atoms with van der Waals surface area (Å²) in [6.07, 6.45) is 0. The van der Waals surface area contributed by atoms with Crippen LogP contribution >= 0.6 is 0 Å². The molecule has 0 spiro atoms. The first kappa shape index (κ1) is 9.54. The van der Waals surface area contributed by atoms with E-state index in [0.29, 0.717) is 5.69 Å². The van der Waals surface area contributed by atoms with Crippen LogP contribution in [0, 0.1) is 4.91 Å². The molecule has 0 aliphatic heterocycles. The monoisotopic (exact) mass is 231 g/mol. The molecule has 3 aromatic rings. The van der Waals surface area contributed by atoms with Gasteiger partial charge in [-0.1, -0.05) is 48.5 Å². The minimum absolute atomic E-state index is 0.517. The summed E-state index contributed by atoms with van der Waals surface area (Å²) >= 11 is 0. The van der Waals surface area contributed by atoms with E-state index in [1.54, 1.807) is 6.07 Å². The first-order valence-corrected chi connectivity index (χ1v) is 5.89. The summed E-state index contributed by atoms with van der Waals surface area (Å²) in [6.45, 7) is 0. The molecule has 0 atom stereocenters. The standard InChI is InChI=1S/C16H9NO/c18-17-15-9-8-13-11-5-2-1-4-10(11)12-6-3-7-14(15)16(12)13/h1-9H. The lowest BCUT2D eigenvalue weighted by Crippen LogP contribution is -1.76. The van der Waals surface area contributed by atoms with Gasteiger partial charge in [0.1, 0.15) is 5.69 Å². The maximum atomic E-state index is 10.9. The summed E-state index contributed by atoms with van der Waals surface area (Å²) in [5.41, 5.74) is 5.39. The topological polar surface area (TPSA) is 29.4 Å². The van der Waals surface area contributed by atoms with Crippen LogP contribution in [0.1, 0.15) is 0 Å². The van der Waals surface area contributed by atoms with Crippen LogP contribution in [0.15, 0.2) is 59.8 Å². The first-order chi connectivity index (χ1) is 8.90. The number of nitrogens with zero attached hydrogens (tertiary/aromatic N) is 1. The Bertz CT molecular complexity index is 776. The van der Waals surface area contributed by atoms with Crippen molar-refractivity contribution in [2.45, 2.75) is 0 Å². The number of hydrogen-bond acceptors (Lipinski definition) is 2. The summed E-state index contributed by atoms with van der Waals surface area (Å²) in [7, 11) is 0. The third-order valence-electron chi connectivity index (χ3n) is 3.62. The summed E-state index contributed by atoms with van der Waals surface area (Å²) in [5, 5.41) is 5.21. The zero-order chi connectivity index (χ0) is 12.1. The van der Waals surface area contributed by atoms with Gasteiger partial charge in [0, 0.05) is 5.39 Å². The van der Waals surface area contributed by atoms with E-state index in [-0.39, 0.29) is 0 Å². The molecule has 0 radical (unpaired) electrons. The average molecular weight is 231 g/mol. The third kappa shape index (κ3) is 1.02. The molecule has 0 unspecified atom stereocenters. The van der Waals surface area contributed by atoms with Gasteiger partial charge in [0.25, 0.3) is 0 Å². The molecule has 3 aromatic carbocycles. The van der Waals surface area contributed by atoms with Gasteiger partial charge < -0.3 is 0 Å². The van der Waals surface area contributed by atoms with E-state index in [9.17, 15) is 4.91 Å². The van der Waals surface area contributed by atoms with Gasteiger partial charge in [0.05, 0.1) is 0 Å². The molecule has 0 fully saturated rings. The normalized spacial score (nSPS) is 11.6. The van der Waals surface area contributed by atoms with Crippen LogP contribution in [-0.4, -0.2) is 0 Å². The molecule has 84 valence electrons.